The molecule has 0 N–H and O–H groups in total. The molecule has 0 fully saturated rings. The molecule has 0 aliphatic rings. The van der Waals surface area contributed by atoms with E-state index < -0.39 is 11.6 Å². The maximum absolute atomic E-state index is 13.4. The maximum atomic E-state index is 13.4. The van der Waals surface area contributed by atoms with Gasteiger partial charge in [0.15, 0.2) is 18.2 Å². The molecule has 3 nitrogen and oxygen atoms in total. The van der Waals surface area contributed by atoms with Gasteiger partial charge in [0.25, 0.3) is 5.91 Å². The summed E-state index contributed by atoms with van der Waals surface area (Å²) in [6, 6.07) is 10.7. The first-order valence-electron chi connectivity index (χ1n) is 6.83. The Kier molecular flexibility index (Phi) is 5.09. The van der Waals surface area contributed by atoms with Gasteiger partial charge >= 0.3 is 0 Å². The molecule has 2 rings (SSSR count). The zero-order valence-corrected chi connectivity index (χ0v) is 12.5. The lowest BCUT2D eigenvalue weighted by molar-refractivity contribution is -0.132. The monoisotopic (exact) mass is 305 g/mol. The van der Waals surface area contributed by atoms with Crippen molar-refractivity contribution in [1.82, 2.24) is 4.90 Å². The molecule has 0 unspecified atom stereocenters. The zero-order chi connectivity index (χ0) is 16.1. The average molecular weight is 305 g/mol. The molecule has 5 heteroatoms. The van der Waals surface area contributed by atoms with E-state index in [1.165, 1.54) is 11.0 Å². The van der Waals surface area contributed by atoms with Gasteiger partial charge in [0.2, 0.25) is 0 Å². The molecule has 0 bridgehead atoms. The van der Waals surface area contributed by atoms with Crippen molar-refractivity contribution >= 4 is 5.91 Å². The van der Waals surface area contributed by atoms with Gasteiger partial charge in [-0.25, -0.2) is 8.78 Å². The number of hydrogen-bond donors (Lipinski definition) is 0. The van der Waals surface area contributed by atoms with Crippen LogP contribution in [0.15, 0.2) is 42.5 Å². The van der Waals surface area contributed by atoms with Crippen LogP contribution >= 0.6 is 0 Å². The second kappa shape index (κ2) is 7.02. The van der Waals surface area contributed by atoms with E-state index in [9.17, 15) is 13.6 Å². The SMILES string of the molecule is Cc1ccccc1CN(C)C(=O)COc1ccc(F)cc1F. The first-order valence-corrected chi connectivity index (χ1v) is 6.83. The largest absolute Gasteiger partial charge is 0.481 e. The summed E-state index contributed by atoms with van der Waals surface area (Å²) in [7, 11) is 1.65. The number of ether oxygens (including phenoxy) is 1. The molecule has 0 aromatic heterocycles. The molecule has 0 atom stereocenters. The molecule has 0 aliphatic carbocycles. The minimum absolute atomic E-state index is 0.140. The molecule has 2 aromatic rings. The standard InChI is InChI=1S/C17H17F2NO2/c1-12-5-3-4-6-13(12)10-20(2)17(21)11-22-16-8-7-14(18)9-15(16)19/h3-9H,10-11H2,1-2H3. The van der Waals surface area contributed by atoms with Gasteiger partial charge in [-0.1, -0.05) is 24.3 Å². The fourth-order valence-corrected chi connectivity index (χ4v) is 1.97. The number of benzene rings is 2. The number of amides is 1. The molecule has 2 aromatic carbocycles. The van der Waals surface area contributed by atoms with Crippen molar-refractivity contribution in [2.45, 2.75) is 13.5 Å². The topological polar surface area (TPSA) is 29.5 Å². The second-order valence-electron chi connectivity index (χ2n) is 5.04. The van der Waals surface area contributed by atoms with Crippen molar-refractivity contribution in [2.75, 3.05) is 13.7 Å². The Balaban J connectivity index is 1.93. The summed E-state index contributed by atoms with van der Waals surface area (Å²) in [5, 5.41) is 0. The molecule has 0 heterocycles. The van der Waals surface area contributed by atoms with Crippen LogP contribution in [0.4, 0.5) is 8.78 Å². The van der Waals surface area contributed by atoms with Crippen molar-refractivity contribution in [3.63, 3.8) is 0 Å². The van der Waals surface area contributed by atoms with Gasteiger partial charge in [-0.15, -0.1) is 0 Å². The summed E-state index contributed by atoms with van der Waals surface area (Å²) in [6.07, 6.45) is 0. The van der Waals surface area contributed by atoms with Crippen molar-refractivity contribution in [1.29, 1.82) is 0 Å². The molecular weight excluding hydrogens is 288 g/mol. The summed E-state index contributed by atoms with van der Waals surface area (Å²) < 4.78 is 31.3. The summed E-state index contributed by atoms with van der Waals surface area (Å²) >= 11 is 0. The third-order valence-electron chi connectivity index (χ3n) is 3.34. The fourth-order valence-electron chi connectivity index (χ4n) is 1.97. The van der Waals surface area contributed by atoms with E-state index in [4.69, 9.17) is 4.74 Å². The van der Waals surface area contributed by atoms with E-state index in [0.29, 0.717) is 6.54 Å². The summed E-state index contributed by atoms with van der Waals surface area (Å²) in [6.45, 7) is 2.11. The molecule has 0 saturated carbocycles. The lowest BCUT2D eigenvalue weighted by atomic mass is 10.1. The van der Waals surface area contributed by atoms with E-state index in [1.54, 1.807) is 7.05 Å². The van der Waals surface area contributed by atoms with Crippen LogP contribution in [0.3, 0.4) is 0 Å². The Hall–Kier alpha value is -2.43. The summed E-state index contributed by atoms with van der Waals surface area (Å²) in [5.41, 5.74) is 2.12. The predicted molar refractivity (Wildman–Crippen MR) is 79.5 cm³/mol. The van der Waals surface area contributed by atoms with Gasteiger partial charge in [-0.3, -0.25) is 4.79 Å². The Bertz CT molecular complexity index is 673. The molecule has 116 valence electrons. The Labute approximate surface area is 128 Å². The maximum Gasteiger partial charge on any atom is 0.260 e. The van der Waals surface area contributed by atoms with Gasteiger partial charge in [0.1, 0.15) is 5.82 Å². The third-order valence-corrected chi connectivity index (χ3v) is 3.34. The van der Waals surface area contributed by atoms with E-state index in [2.05, 4.69) is 0 Å². The van der Waals surface area contributed by atoms with E-state index in [0.717, 1.165) is 23.3 Å². The molecule has 0 aliphatic heterocycles. The number of carbonyl (C=O) groups excluding carboxylic acids is 1. The Morgan fingerprint density at radius 1 is 1.18 bits per heavy atom. The van der Waals surface area contributed by atoms with Crippen molar-refractivity contribution in [3.8, 4) is 5.75 Å². The van der Waals surface area contributed by atoms with Crippen molar-refractivity contribution in [2.24, 2.45) is 0 Å². The number of nitrogens with zero attached hydrogens (tertiary/aromatic N) is 1. The molecule has 0 spiro atoms. The number of likely N-dealkylation sites (N-methyl/N-ethyl adjacent to an activating group) is 1. The highest BCUT2D eigenvalue weighted by Gasteiger charge is 2.13. The fraction of sp³-hybridized carbons (Fsp3) is 0.235. The van der Waals surface area contributed by atoms with Crippen LogP contribution in [0.5, 0.6) is 5.75 Å². The highest BCUT2D eigenvalue weighted by molar-refractivity contribution is 5.77. The van der Waals surface area contributed by atoms with Crippen LogP contribution in [0.1, 0.15) is 11.1 Å². The Morgan fingerprint density at radius 2 is 1.91 bits per heavy atom. The first kappa shape index (κ1) is 15.9. The van der Waals surface area contributed by atoms with Crippen LogP contribution in [0.25, 0.3) is 0 Å². The zero-order valence-electron chi connectivity index (χ0n) is 12.5. The van der Waals surface area contributed by atoms with Gasteiger partial charge in [0, 0.05) is 19.7 Å². The molecule has 0 saturated heterocycles. The molecule has 1 amide bonds. The third kappa shape index (κ3) is 4.04. The number of hydrogen-bond acceptors (Lipinski definition) is 2. The lowest BCUT2D eigenvalue weighted by Gasteiger charge is -2.18. The van der Waals surface area contributed by atoms with Gasteiger partial charge < -0.3 is 9.64 Å². The molecule has 22 heavy (non-hydrogen) atoms. The van der Waals surface area contributed by atoms with E-state index in [-0.39, 0.29) is 18.3 Å². The van der Waals surface area contributed by atoms with Crippen molar-refractivity contribution in [3.05, 3.63) is 65.2 Å². The van der Waals surface area contributed by atoms with Crippen LogP contribution in [0.2, 0.25) is 0 Å². The average Bonchev–Trinajstić information content (AvgIpc) is 2.48. The minimum Gasteiger partial charge on any atom is -0.481 e. The number of halogens is 2. The first-order chi connectivity index (χ1) is 10.5. The normalized spacial score (nSPS) is 10.4. The highest BCUT2D eigenvalue weighted by atomic mass is 19.1. The lowest BCUT2D eigenvalue weighted by Crippen LogP contribution is -2.31. The van der Waals surface area contributed by atoms with E-state index in [1.807, 2.05) is 31.2 Å². The minimum atomic E-state index is -0.825. The van der Waals surface area contributed by atoms with E-state index >= 15 is 0 Å². The Morgan fingerprint density at radius 3 is 2.59 bits per heavy atom. The van der Waals surface area contributed by atoms with Gasteiger partial charge in [0.05, 0.1) is 0 Å². The highest BCUT2D eigenvalue weighted by Crippen LogP contribution is 2.17. The number of aryl methyl sites for hydroxylation is 1. The quantitative estimate of drug-likeness (QED) is 0.848. The van der Waals surface area contributed by atoms with Gasteiger partial charge in [-0.05, 0) is 30.2 Å². The number of rotatable bonds is 5. The summed E-state index contributed by atoms with van der Waals surface area (Å²) in [5.74, 6) is -1.94. The van der Waals surface area contributed by atoms with Crippen molar-refractivity contribution < 1.29 is 18.3 Å². The number of carbonyl (C=O) groups is 1. The van der Waals surface area contributed by atoms with Crippen LogP contribution in [-0.4, -0.2) is 24.5 Å². The predicted octanol–water partition coefficient (Wildman–Crippen LogP) is 3.31. The van der Waals surface area contributed by atoms with Crippen LogP contribution in [0, 0.1) is 18.6 Å². The molecule has 0 radical (unpaired) electrons. The molecular formula is C17H17F2NO2. The summed E-state index contributed by atoms with van der Waals surface area (Å²) in [4.78, 5) is 13.5. The second-order valence-corrected chi connectivity index (χ2v) is 5.04. The smallest absolute Gasteiger partial charge is 0.260 e. The van der Waals surface area contributed by atoms with Gasteiger partial charge in [-0.2, -0.15) is 0 Å². The van der Waals surface area contributed by atoms with Crippen LogP contribution < -0.4 is 4.74 Å². The van der Waals surface area contributed by atoms with Crippen LogP contribution in [-0.2, 0) is 11.3 Å².